The highest BCUT2D eigenvalue weighted by Crippen LogP contribution is 2.40. The van der Waals surface area contributed by atoms with E-state index in [0.29, 0.717) is 36.8 Å². The van der Waals surface area contributed by atoms with Crippen molar-refractivity contribution in [3.63, 3.8) is 0 Å². The maximum Gasteiger partial charge on any atom is 0.243 e. The van der Waals surface area contributed by atoms with Crippen LogP contribution in [0.25, 0.3) is 0 Å². The smallest absolute Gasteiger partial charge is 0.243 e. The highest BCUT2D eigenvalue weighted by atomic mass is 32.2. The summed E-state index contributed by atoms with van der Waals surface area (Å²) in [5.41, 5.74) is 7.49. The monoisotopic (exact) mass is 527 g/mol. The highest BCUT2D eigenvalue weighted by molar-refractivity contribution is 7.88. The van der Waals surface area contributed by atoms with Crippen LogP contribution in [0.1, 0.15) is 42.4 Å². The van der Waals surface area contributed by atoms with Gasteiger partial charge in [-0.25, -0.2) is 13.1 Å². The summed E-state index contributed by atoms with van der Waals surface area (Å²) in [5, 5.41) is 20.6. The predicted octanol–water partition coefficient (Wildman–Crippen LogP) is 0.837. The fourth-order valence-electron chi connectivity index (χ4n) is 5.24. The molecule has 0 aromatic heterocycles. The molecule has 2 aromatic carbocycles. The summed E-state index contributed by atoms with van der Waals surface area (Å²) >= 11 is 0. The zero-order chi connectivity index (χ0) is 26.6. The fourth-order valence-corrected chi connectivity index (χ4v) is 6.32. The molecule has 1 aliphatic carbocycles. The Kier molecular flexibility index (Phi) is 8.25. The molecule has 2 aromatic rings. The zero-order valence-electron chi connectivity index (χ0n) is 20.5. The van der Waals surface area contributed by atoms with E-state index in [4.69, 9.17) is 11.1 Å². The van der Waals surface area contributed by atoms with Gasteiger partial charge in [0.25, 0.3) is 0 Å². The number of likely N-dealkylation sites (tertiary alicyclic amines) is 1. The van der Waals surface area contributed by atoms with Crippen LogP contribution in [0, 0.1) is 11.3 Å². The van der Waals surface area contributed by atoms with Gasteiger partial charge in [0.15, 0.2) is 0 Å². The van der Waals surface area contributed by atoms with E-state index < -0.39 is 34.6 Å². The lowest BCUT2D eigenvalue weighted by molar-refractivity contribution is -0.140. The topological polar surface area (TPSA) is 166 Å². The molecule has 4 atom stereocenters. The number of carbonyl (C=O) groups is 2. The molecule has 0 radical (unpaired) electrons. The van der Waals surface area contributed by atoms with E-state index in [9.17, 15) is 23.1 Å². The Morgan fingerprint density at radius 3 is 2.41 bits per heavy atom. The summed E-state index contributed by atoms with van der Waals surface area (Å²) in [7, 11) is -3.76. The van der Waals surface area contributed by atoms with Crippen molar-refractivity contribution in [3.8, 4) is 0 Å². The molecule has 10 nitrogen and oxygen atoms in total. The van der Waals surface area contributed by atoms with Crippen molar-refractivity contribution in [2.75, 3.05) is 6.54 Å². The number of aliphatic hydroxyl groups excluding tert-OH is 1. The van der Waals surface area contributed by atoms with Gasteiger partial charge in [-0.15, -0.1) is 0 Å². The minimum atomic E-state index is -3.76. The fraction of sp³-hybridized carbons (Fsp3) is 0.423. The second-order valence-electron chi connectivity index (χ2n) is 9.74. The number of carbonyl (C=O) groups excluding carboxylic acids is 2. The van der Waals surface area contributed by atoms with E-state index in [1.165, 1.54) is 4.90 Å². The van der Waals surface area contributed by atoms with Crippen molar-refractivity contribution in [1.29, 1.82) is 5.41 Å². The van der Waals surface area contributed by atoms with Crippen molar-refractivity contribution in [1.82, 2.24) is 14.9 Å². The third-order valence-electron chi connectivity index (χ3n) is 7.11. The average molecular weight is 528 g/mol. The van der Waals surface area contributed by atoms with Crippen LogP contribution >= 0.6 is 0 Å². The van der Waals surface area contributed by atoms with Crippen LogP contribution in [0.15, 0.2) is 54.6 Å². The molecule has 1 saturated heterocycles. The van der Waals surface area contributed by atoms with Crippen LogP contribution < -0.4 is 15.8 Å². The number of nitrogens with two attached hydrogens (primary N) is 1. The number of amides is 2. The van der Waals surface area contributed by atoms with Gasteiger partial charge in [0.1, 0.15) is 11.9 Å². The summed E-state index contributed by atoms with van der Waals surface area (Å²) in [6, 6.07) is 14.6. The Hall–Kier alpha value is -3.28. The van der Waals surface area contributed by atoms with Gasteiger partial charge in [-0.05, 0) is 42.7 Å². The lowest BCUT2D eigenvalue weighted by Crippen LogP contribution is -2.53. The van der Waals surface area contributed by atoms with Crippen LogP contribution in [-0.4, -0.2) is 60.8 Å². The van der Waals surface area contributed by atoms with Crippen LogP contribution in [0.2, 0.25) is 0 Å². The number of amidine groups is 1. The van der Waals surface area contributed by atoms with E-state index >= 15 is 0 Å². The van der Waals surface area contributed by atoms with Crippen molar-refractivity contribution in [2.24, 2.45) is 11.7 Å². The molecular formula is C26H33N5O5S. The third kappa shape index (κ3) is 6.73. The van der Waals surface area contributed by atoms with Gasteiger partial charge in [0.05, 0.1) is 18.4 Å². The number of aliphatic hydroxyl groups is 1. The number of hydrogen-bond donors (Lipinski definition) is 5. The number of nitrogens with zero attached hydrogens (tertiary/aromatic N) is 1. The number of benzene rings is 2. The minimum absolute atomic E-state index is 0.0418. The molecule has 37 heavy (non-hydrogen) atoms. The Balaban J connectivity index is 1.43. The zero-order valence-corrected chi connectivity index (χ0v) is 21.3. The van der Waals surface area contributed by atoms with Gasteiger partial charge in [-0.1, -0.05) is 54.6 Å². The summed E-state index contributed by atoms with van der Waals surface area (Å²) in [6.45, 7) is -0.220. The normalized spacial score (nSPS) is 23.3. The van der Waals surface area contributed by atoms with Gasteiger partial charge >= 0.3 is 0 Å². The molecule has 11 heteroatoms. The Morgan fingerprint density at radius 1 is 1.03 bits per heavy atom. The van der Waals surface area contributed by atoms with Crippen molar-refractivity contribution < 1.29 is 23.1 Å². The summed E-state index contributed by atoms with van der Waals surface area (Å²) < 4.78 is 27.5. The Morgan fingerprint density at radius 2 is 1.73 bits per heavy atom. The lowest BCUT2D eigenvalue weighted by Gasteiger charge is -2.35. The highest BCUT2D eigenvalue weighted by Gasteiger charge is 2.48. The molecule has 0 bridgehead atoms. The van der Waals surface area contributed by atoms with Crippen molar-refractivity contribution in [3.05, 3.63) is 71.3 Å². The van der Waals surface area contributed by atoms with Gasteiger partial charge in [-0.2, -0.15) is 0 Å². The van der Waals surface area contributed by atoms with Gasteiger partial charge in [-0.3, -0.25) is 15.0 Å². The van der Waals surface area contributed by atoms with E-state index in [0.717, 1.165) is 5.56 Å². The van der Waals surface area contributed by atoms with Crippen LogP contribution in [-0.2, 0) is 31.9 Å². The first-order valence-corrected chi connectivity index (χ1v) is 14.0. The number of nitrogens with one attached hydrogen (secondary N) is 3. The molecular weight excluding hydrogens is 494 g/mol. The third-order valence-corrected chi connectivity index (χ3v) is 8.41. The lowest BCUT2D eigenvalue weighted by atomic mass is 9.83. The van der Waals surface area contributed by atoms with E-state index in [1.807, 2.05) is 0 Å². The Bertz CT molecular complexity index is 1240. The molecule has 198 valence electrons. The second kappa shape index (κ2) is 11.4. The molecule has 4 rings (SSSR count). The predicted molar refractivity (Wildman–Crippen MR) is 139 cm³/mol. The van der Waals surface area contributed by atoms with Crippen LogP contribution in [0.5, 0.6) is 0 Å². The largest absolute Gasteiger partial charge is 0.393 e. The molecule has 6 N–H and O–H groups in total. The summed E-state index contributed by atoms with van der Waals surface area (Å²) in [4.78, 5) is 28.0. The first-order valence-electron chi connectivity index (χ1n) is 12.3. The van der Waals surface area contributed by atoms with Crippen LogP contribution in [0.4, 0.5) is 0 Å². The Labute approximate surface area is 216 Å². The molecule has 2 amide bonds. The molecule has 2 aliphatic rings. The average Bonchev–Trinajstić information content (AvgIpc) is 3.25. The molecule has 1 heterocycles. The maximum atomic E-state index is 13.3. The number of sulfonamides is 1. The van der Waals surface area contributed by atoms with Crippen molar-refractivity contribution >= 4 is 27.7 Å². The molecule has 1 aliphatic heterocycles. The van der Waals surface area contributed by atoms with Gasteiger partial charge < -0.3 is 21.1 Å². The van der Waals surface area contributed by atoms with Gasteiger partial charge in [0.2, 0.25) is 21.8 Å². The molecule has 0 spiro atoms. The first kappa shape index (κ1) is 26.8. The summed E-state index contributed by atoms with van der Waals surface area (Å²) in [5.74, 6) is -1.03. The molecule has 1 saturated carbocycles. The SMILES string of the molecule is N=C(N)c1ccc(CNC(=O)[C@@H]2C[C@@H]3CC[C@@H](O)C[C@@H]3N2C(=O)CNS(=O)(=O)Cc2ccccc2)cc1. The van der Waals surface area contributed by atoms with Gasteiger partial charge in [0, 0.05) is 18.2 Å². The second-order valence-corrected chi connectivity index (χ2v) is 11.5. The molecule has 0 unspecified atom stereocenters. The number of rotatable bonds is 9. The quantitative estimate of drug-likeness (QED) is 0.239. The van der Waals surface area contributed by atoms with Crippen LogP contribution in [0.3, 0.4) is 0 Å². The number of fused-ring (bicyclic) bond motifs is 1. The minimum Gasteiger partial charge on any atom is -0.393 e. The first-order chi connectivity index (χ1) is 17.6. The van der Waals surface area contributed by atoms with E-state index in [1.54, 1.807) is 54.6 Å². The van der Waals surface area contributed by atoms with E-state index in [-0.39, 0.29) is 36.0 Å². The van der Waals surface area contributed by atoms with Crippen molar-refractivity contribution in [2.45, 2.75) is 56.2 Å². The number of hydrogen-bond acceptors (Lipinski definition) is 6. The maximum absolute atomic E-state index is 13.3. The standard InChI is InChI=1S/C26H33N5O5S/c27-25(28)19-8-6-17(7-9-19)14-29-26(34)23-12-20-10-11-21(32)13-22(20)31(23)24(33)15-30-37(35,36)16-18-4-2-1-3-5-18/h1-9,20-23,30,32H,10-16H2,(H3,27,28)(H,29,34)/t20-,21+,22-,23-/m0/s1. The summed E-state index contributed by atoms with van der Waals surface area (Å²) in [6.07, 6.45) is 1.58. The van der Waals surface area contributed by atoms with E-state index in [2.05, 4.69) is 10.0 Å². The number of nitrogen functional groups attached to an aromatic ring is 1. The molecule has 2 fully saturated rings.